The Morgan fingerprint density at radius 3 is 3.13 bits per heavy atom. The third-order valence-electron chi connectivity index (χ3n) is 1.88. The number of carbonyl (C=O) groups excluding carboxylic acids is 1. The molecule has 0 aliphatic carbocycles. The molecule has 2 aromatic rings. The van der Waals surface area contributed by atoms with Crippen molar-refractivity contribution in [3.8, 4) is 0 Å². The standard InChI is InChI=1S/C9H8BrN3OS/c10-5-4-8(14)11-6-2-1-3-7-9(6)13-15-12-7/h1-3H,4-5H2,(H,11,14). The highest BCUT2D eigenvalue weighted by Gasteiger charge is 2.07. The summed E-state index contributed by atoms with van der Waals surface area (Å²) in [7, 11) is 0. The number of carbonyl (C=O) groups is 1. The van der Waals surface area contributed by atoms with Crippen molar-refractivity contribution in [2.24, 2.45) is 0 Å². The van der Waals surface area contributed by atoms with Crippen molar-refractivity contribution < 1.29 is 4.79 Å². The molecule has 0 bridgehead atoms. The van der Waals surface area contributed by atoms with Crippen LogP contribution in [-0.2, 0) is 4.79 Å². The lowest BCUT2D eigenvalue weighted by Gasteiger charge is -2.03. The van der Waals surface area contributed by atoms with Crippen LogP contribution in [0.2, 0.25) is 0 Å². The lowest BCUT2D eigenvalue weighted by atomic mass is 10.2. The van der Waals surface area contributed by atoms with Gasteiger partial charge in [0.1, 0.15) is 11.0 Å². The van der Waals surface area contributed by atoms with E-state index in [0.717, 1.165) is 28.4 Å². The van der Waals surface area contributed by atoms with Gasteiger partial charge >= 0.3 is 0 Å². The van der Waals surface area contributed by atoms with E-state index in [1.54, 1.807) is 0 Å². The van der Waals surface area contributed by atoms with E-state index in [4.69, 9.17) is 0 Å². The van der Waals surface area contributed by atoms with Crippen molar-refractivity contribution >= 4 is 50.3 Å². The smallest absolute Gasteiger partial charge is 0.225 e. The first-order chi connectivity index (χ1) is 7.31. The summed E-state index contributed by atoms with van der Waals surface area (Å²) in [6, 6.07) is 5.56. The van der Waals surface area contributed by atoms with E-state index >= 15 is 0 Å². The topological polar surface area (TPSA) is 54.9 Å². The van der Waals surface area contributed by atoms with Crippen LogP contribution in [0.1, 0.15) is 6.42 Å². The third kappa shape index (κ3) is 2.32. The number of hydrogen-bond acceptors (Lipinski definition) is 4. The van der Waals surface area contributed by atoms with Gasteiger partial charge in [-0.15, -0.1) is 0 Å². The van der Waals surface area contributed by atoms with Gasteiger partial charge in [0.2, 0.25) is 5.91 Å². The molecule has 2 rings (SSSR count). The molecule has 0 saturated carbocycles. The molecule has 0 aliphatic heterocycles. The second kappa shape index (κ2) is 4.67. The number of hydrogen-bond donors (Lipinski definition) is 1. The molecule has 0 saturated heterocycles. The number of rotatable bonds is 3. The molecule has 6 heteroatoms. The first-order valence-corrected chi connectivity index (χ1v) is 6.23. The van der Waals surface area contributed by atoms with Crippen LogP contribution in [0.25, 0.3) is 11.0 Å². The van der Waals surface area contributed by atoms with Crippen LogP contribution in [-0.4, -0.2) is 20.0 Å². The summed E-state index contributed by atoms with van der Waals surface area (Å²) in [6.07, 6.45) is 0.452. The third-order valence-corrected chi connectivity index (χ3v) is 2.82. The monoisotopic (exact) mass is 285 g/mol. The van der Waals surface area contributed by atoms with Gasteiger partial charge in [0.25, 0.3) is 0 Å². The molecule has 0 spiro atoms. The second-order valence-corrected chi connectivity index (χ2v) is 4.25. The van der Waals surface area contributed by atoms with Crippen molar-refractivity contribution in [1.29, 1.82) is 0 Å². The lowest BCUT2D eigenvalue weighted by molar-refractivity contribution is -0.115. The Morgan fingerprint density at radius 2 is 2.33 bits per heavy atom. The summed E-state index contributed by atoms with van der Waals surface area (Å²) in [6.45, 7) is 0. The number of anilines is 1. The van der Waals surface area contributed by atoms with Gasteiger partial charge in [0.15, 0.2) is 0 Å². The summed E-state index contributed by atoms with van der Waals surface area (Å²) in [5.41, 5.74) is 2.30. The summed E-state index contributed by atoms with van der Waals surface area (Å²) in [5, 5.41) is 3.46. The first-order valence-electron chi connectivity index (χ1n) is 4.38. The molecule has 1 aromatic carbocycles. The fraction of sp³-hybridized carbons (Fsp3) is 0.222. The van der Waals surface area contributed by atoms with Gasteiger partial charge in [-0.2, -0.15) is 8.75 Å². The first kappa shape index (κ1) is 10.5. The minimum Gasteiger partial charge on any atom is -0.324 e. The molecule has 0 aliphatic rings. The van der Waals surface area contributed by atoms with Crippen LogP contribution in [0.5, 0.6) is 0 Å². The number of nitrogens with zero attached hydrogens (tertiary/aromatic N) is 2. The van der Waals surface area contributed by atoms with Crippen molar-refractivity contribution in [3.05, 3.63) is 18.2 Å². The summed E-state index contributed by atoms with van der Waals surface area (Å²) >= 11 is 4.37. The van der Waals surface area contributed by atoms with Gasteiger partial charge < -0.3 is 5.32 Å². The molecule has 1 N–H and O–H groups in total. The molecule has 1 heterocycles. The van der Waals surface area contributed by atoms with Gasteiger partial charge in [-0.1, -0.05) is 22.0 Å². The Kier molecular flexibility index (Phi) is 3.27. The highest BCUT2D eigenvalue weighted by molar-refractivity contribution is 9.09. The highest BCUT2D eigenvalue weighted by atomic mass is 79.9. The molecule has 1 amide bonds. The van der Waals surface area contributed by atoms with Gasteiger partial charge in [-0.3, -0.25) is 4.79 Å². The van der Waals surface area contributed by atoms with E-state index in [9.17, 15) is 4.79 Å². The molecule has 0 atom stereocenters. The van der Waals surface area contributed by atoms with E-state index in [2.05, 4.69) is 30.0 Å². The zero-order valence-corrected chi connectivity index (χ0v) is 10.1. The largest absolute Gasteiger partial charge is 0.324 e. The Balaban J connectivity index is 2.27. The van der Waals surface area contributed by atoms with Crippen LogP contribution in [0.3, 0.4) is 0 Å². The van der Waals surface area contributed by atoms with Gasteiger partial charge in [-0.25, -0.2) is 0 Å². The maximum absolute atomic E-state index is 11.4. The van der Waals surface area contributed by atoms with E-state index < -0.39 is 0 Å². The minimum atomic E-state index is -0.0209. The van der Waals surface area contributed by atoms with Crippen molar-refractivity contribution in [2.45, 2.75) is 6.42 Å². The SMILES string of the molecule is O=C(CCBr)Nc1cccc2nsnc12. The highest BCUT2D eigenvalue weighted by Crippen LogP contribution is 2.21. The number of aromatic nitrogens is 2. The van der Waals surface area contributed by atoms with E-state index in [1.807, 2.05) is 18.2 Å². The predicted octanol–water partition coefficient (Wildman–Crippen LogP) is 2.41. The normalized spacial score (nSPS) is 10.5. The van der Waals surface area contributed by atoms with Gasteiger partial charge in [0, 0.05) is 11.8 Å². The van der Waals surface area contributed by atoms with Crippen molar-refractivity contribution in [2.75, 3.05) is 10.6 Å². The summed E-state index contributed by atoms with van der Waals surface area (Å²) in [4.78, 5) is 11.4. The van der Waals surface area contributed by atoms with Crippen LogP contribution >= 0.6 is 27.7 Å². The van der Waals surface area contributed by atoms with Crippen molar-refractivity contribution in [3.63, 3.8) is 0 Å². The predicted molar refractivity (Wildman–Crippen MR) is 64.5 cm³/mol. The molecule has 78 valence electrons. The summed E-state index contributed by atoms with van der Waals surface area (Å²) in [5.74, 6) is -0.0209. The molecule has 1 aromatic heterocycles. The number of halogens is 1. The van der Waals surface area contributed by atoms with Crippen LogP contribution in [0.4, 0.5) is 5.69 Å². The van der Waals surface area contributed by atoms with Crippen LogP contribution in [0, 0.1) is 0 Å². The number of fused-ring (bicyclic) bond motifs is 1. The molecular weight excluding hydrogens is 278 g/mol. The number of nitrogens with one attached hydrogen (secondary N) is 1. The minimum absolute atomic E-state index is 0.0209. The zero-order valence-electron chi connectivity index (χ0n) is 7.74. The Bertz CT molecular complexity index is 485. The molecule has 15 heavy (non-hydrogen) atoms. The van der Waals surface area contributed by atoms with E-state index in [0.29, 0.717) is 11.8 Å². The average Bonchev–Trinajstić information content (AvgIpc) is 2.67. The number of amides is 1. The van der Waals surface area contributed by atoms with Gasteiger partial charge in [-0.05, 0) is 12.1 Å². The maximum atomic E-state index is 11.4. The zero-order chi connectivity index (χ0) is 10.7. The number of alkyl halides is 1. The average molecular weight is 286 g/mol. The van der Waals surface area contributed by atoms with E-state index in [1.165, 1.54) is 0 Å². The fourth-order valence-electron chi connectivity index (χ4n) is 1.21. The molecule has 0 unspecified atom stereocenters. The summed E-state index contributed by atoms with van der Waals surface area (Å²) < 4.78 is 8.24. The number of benzene rings is 1. The second-order valence-electron chi connectivity index (χ2n) is 2.92. The Morgan fingerprint density at radius 1 is 1.47 bits per heavy atom. The maximum Gasteiger partial charge on any atom is 0.225 e. The molecule has 4 nitrogen and oxygen atoms in total. The van der Waals surface area contributed by atoms with Crippen molar-refractivity contribution in [1.82, 2.24) is 8.75 Å². The lowest BCUT2D eigenvalue weighted by Crippen LogP contribution is -2.11. The van der Waals surface area contributed by atoms with Gasteiger partial charge in [0.05, 0.1) is 17.4 Å². The Labute approximate surface area is 99.1 Å². The van der Waals surface area contributed by atoms with Crippen LogP contribution in [0.15, 0.2) is 18.2 Å². The molecule has 0 fully saturated rings. The Hall–Kier alpha value is -1.01. The molecular formula is C9H8BrN3OS. The van der Waals surface area contributed by atoms with E-state index in [-0.39, 0.29) is 5.91 Å². The van der Waals surface area contributed by atoms with Crippen LogP contribution < -0.4 is 5.32 Å². The quantitative estimate of drug-likeness (QED) is 0.882. The molecule has 0 radical (unpaired) electrons. The fourth-order valence-corrected chi connectivity index (χ4v) is 2.12.